The number of carbonyl (C=O) groups excluding carboxylic acids is 2. The maximum atomic E-state index is 12.1. The highest BCUT2D eigenvalue weighted by molar-refractivity contribution is 5.95. The quantitative estimate of drug-likeness (QED) is 0.433. The molecule has 0 aliphatic heterocycles. The fourth-order valence-corrected chi connectivity index (χ4v) is 2.26. The van der Waals surface area contributed by atoms with Crippen LogP contribution in [0.3, 0.4) is 0 Å². The Hall–Kier alpha value is -3.42. The normalized spacial score (nSPS) is 11.3. The average molecular weight is 372 g/mol. The molecule has 0 spiro atoms. The van der Waals surface area contributed by atoms with Crippen LogP contribution in [0.15, 0.2) is 48.5 Å². The molecule has 2 aromatic rings. The lowest BCUT2D eigenvalue weighted by atomic mass is 10.1. The van der Waals surface area contributed by atoms with E-state index in [1.54, 1.807) is 19.2 Å². The largest absolute Gasteiger partial charge is 0.497 e. The van der Waals surface area contributed by atoms with Gasteiger partial charge in [0.05, 0.1) is 12.0 Å². The maximum absolute atomic E-state index is 12.1. The molecule has 1 unspecified atom stereocenters. The number of carbonyl (C=O) groups is 2. The van der Waals surface area contributed by atoms with Crippen LogP contribution in [0.25, 0.3) is 0 Å². The van der Waals surface area contributed by atoms with E-state index >= 15 is 0 Å². The Morgan fingerprint density at radius 2 is 1.74 bits per heavy atom. The second kappa shape index (κ2) is 9.33. The van der Waals surface area contributed by atoms with Gasteiger partial charge in [0.1, 0.15) is 5.75 Å². The third-order valence-electron chi connectivity index (χ3n) is 3.80. The number of nitro groups is 1. The second-order valence-electron chi connectivity index (χ2n) is 5.77. The fourth-order valence-electron chi connectivity index (χ4n) is 2.26. The molecule has 0 aliphatic carbocycles. The van der Waals surface area contributed by atoms with E-state index in [2.05, 4.69) is 5.32 Å². The highest BCUT2D eigenvalue weighted by atomic mass is 16.6. The molecule has 2 aromatic carbocycles. The molecule has 142 valence electrons. The maximum Gasteiger partial charge on any atom is 0.306 e. The van der Waals surface area contributed by atoms with E-state index in [-0.39, 0.29) is 12.1 Å². The number of nitrogens with zero attached hydrogens (tertiary/aromatic N) is 1. The minimum atomic E-state index is -0.983. The van der Waals surface area contributed by atoms with Gasteiger partial charge in [-0.1, -0.05) is 12.1 Å². The van der Waals surface area contributed by atoms with Crippen molar-refractivity contribution in [3.05, 3.63) is 64.2 Å². The van der Waals surface area contributed by atoms with Gasteiger partial charge >= 0.3 is 5.97 Å². The Balaban J connectivity index is 1.80. The van der Waals surface area contributed by atoms with Crippen molar-refractivity contribution in [2.45, 2.75) is 25.9 Å². The van der Waals surface area contributed by atoms with Gasteiger partial charge in [0, 0.05) is 24.2 Å². The van der Waals surface area contributed by atoms with Crippen molar-refractivity contribution in [3.63, 3.8) is 0 Å². The predicted molar refractivity (Wildman–Crippen MR) is 98.6 cm³/mol. The number of amides is 1. The summed E-state index contributed by atoms with van der Waals surface area (Å²) in [5.41, 5.74) is 1.26. The number of esters is 1. The molecule has 1 N–H and O–H groups in total. The Morgan fingerprint density at radius 1 is 1.11 bits per heavy atom. The second-order valence-corrected chi connectivity index (χ2v) is 5.77. The number of nitro benzene ring substituents is 1. The lowest BCUT2D eigenvalue weighted by Gasteiger charge is -2.13. The zero-order valence-electron chi connectivity index (χ0n) is 15.0. The smallest absolute Gasteiger partial charge is 0.306 e. The van der Waals surface area contributed by atoms with Crippen LogP contribution in [0.5, 0.6) is 5.75 Å². The van der Waals surface area contributed by atoms with Gasteiger partial charge in [-0.15, -0.1) is 0 Å². The van der Waals surface area contributed by atoms with E-state index in [0.29, 0.717) is 12.1 Å². The van der Waals surface area contributed by atoms with Crippen molar-refractivity contribution >= 4 is 23.3 Å². The summed E-state index contributed by atoms with van der Waals surface area (Å²) in [6.45, 7) is 1.46. The number of aryl methyl sites for hydroxylation is 1. The van der Waals surface area contributed by atoms with Crippen molar-refractivity contribution in [2.75, 3.05) is 12.4 Å². The van der Waals surface area contributed by atoms with E-state index < -0.39 is 22.9 Å². The molecule has 0 heterocycles. The lowest BCUT2D eigenvalue weighted by Crippen LogP contribution is -2.30. The molecule has 2 rings (SSSR count). The summed E-state index contributed by atoms with van der Waals surface area (Å²) in [7, 11) is 1.58. The van der Waals surface area contributed by atoms with Gasteiger partial charge in [-0.05, 0) is 43.2 Å². The summed E-state index contributed by atoms with van der Waals surface area (Å²) in [5, 5.41) is 13.2. The molecule has 1 atom stereocenters. The predicted octanol–water partition coefficient (Wildman–Crippen LogP) is 3.11. The van der Waals surface area contributed by atoms with Crippen LogP contribution in [-0.4, -0.2) is 30.0 Å². The van der Waals surface area contributed by atoms with E-state index in [9.17, 15) is 19.7 Å². The topological polar surface area (TPSA) is 108 Å². The van der Waals surface area contributed by atoms with Gasteiger partial charge < -0.3 is 14.8 Å². The van der Waals surface area contributed by atoms with Crippen LogP contribution >= 0.6 is 0 Å². The van der Waals surface area contributed by atoms with Gasteiger partial charge in [-0.3, -0.25) is 19.7 Å². The summed E-state index contributed by atoms with van der Waals surface area (Å²) in [5.74, 6) is -0.267. The summed E-state index contributed by atoms with van der Waals surface area (Å²) >= 11 is 0. The van der Waals surface area contributed by atoms with E-state index in [0.717, 1.165) is 11.3 Å². The monoisotopic (exact) mass is 372 g/mol. The molecule has 0 radical (unpaired) electrons. The molecule has 8 heteroatoms. The van der Waals surface area contributed by atoms with E-state index in [4.69, 9.17) is 9.47 Å². The van der Waals surface area contributed by atoms with E-state index in [1.807, 2.05) is 12.1 Å². The minimum absolute atomic E-state index is 0.0778. The van der Waals surface area contributed by atoms with Gasteiger partial charge in [-0.25, -0.2) is 0 Å². The first-order valence-electron chi connectivity index (χ1n) is 8.27. The van der Waals surface area contributed by atoms with Gasteiger partial charge in [-0.2, -0.15) is 0 Å². The highest BCUT2D eigenvalue weighted by Crippen LogP contribution is 2.16. The van der Waals surface area contributed by atoms with Crippen molar-refractivity contribution in [2.24, 2.45) is 0 Å². The van der Waals surface area contributed by atoms with Crippen molar-refractivity contribution in [1.29, 1.82) is 0 Å². The molecular formula is C19H20N2O6. The summed E-state index contributed by atoms with van der Waals surface area (Å²) < 4.78 is 10.2. The number of methoxy groups -OCH3 is 1. The van der Waals surface area contributed by atoms with Crippen LogP contribution in [0.4, 0.5) is 11.4 Å². The average Bonchev–Trinajstić information content (AvgIpc) is 2.67. The van der Waals surface area contributed by atoms with E-state index in [1.165, 1.54) is 31.2 Å². The molecule has 0 aliphatic rings. The van der Waals surface area contributed by atoms with Crippen LogP contribution in [0, 0.1) is 10.1 Å². The number of benzene rings is 2. The Kier molecular flexibility index (Phi) is 6.87. The number of nitrogens with one attached hydrogen (secondary N) is 1. The molecule has 0 aromatic heterocycles. The number of ether oxygens (including phenoxy) is 2. The number of anilines is 1. The third kappa shape index (κ3) is 6.10. The molecular weight excluding hydrogens is 352 g/mol. The summed E-state index contributed by atoms with van der Waals surface area (Å²) in [6, 6.07) is 12.7. The first-order chi connectivity index (χ1) is 12.9. The molecule has 0 saturated heterocycles. The van der Waals surface area contributed by atoms with Gasteiger partial charge in [0.2, 0.25) is 0 Å². The van der Waals surface area contributed by atoms with Gasteiger partial charge in [0.25, 0.3) is 11.6 Å². The van der Waals surface area contributed by atoms with Crippen molar-refractivity contribution in [3.8, 4) is 5.75 Å². The lowest BCUT2D eigenvalue weighted by molar-refractivity contribution is -0.384. The van der Waals surface area contributed by atoms with Crippen LogP contribution in [0.1, 0.15) is 18.9 Å². The first-order valence-corrected chi connectivity index (χ1v) is 8.27. The van der Waals surface area contributed by atoms with Crippen LogP contribution < -0.4 is 10.1 Å². The molecule has 8 nitrogen and oxygen atoms in total. The minimum Gasteiger partial charge on any atom is -0.497 e. The number of rotatable bonds is 8. The Labute approximate surface area is 156 Å². The fraction of sp³-hybridized carbons (Fsp3) is 0.263. The molecule has 0 bridgehead atoms. The molecule has 0 saturated carbocycles. The molecule has 0 fully saturated rings. The zero-order chi connectivity index (χ0) is 19.8. The Bertz CT molecular complexity index is 802. The number of hydrogen-bond acceptors (Lipinski definition) is 6. The van der Waals surface area contributed by atoms with Gasteiger partial charge in [0.15, 0.2) is 6.10 Å². The first kappa shape index (κ1) is 19.9. The van der Waals surface area contributed by atoms with Crippen LogP contribution in [0.2, 0.25) is 0 Å². The molecule has 1 amide bonds. The van der Waals surface area contributed by atoms with Crippen molar-refractivity contribution in [1.82, 2.24) is 0 Å². The third-order valence-corrected chi connectivity index (χ3v) is 3.80. The molecule has 27 heavy (non-hydrogen) atoms. The highest BCUT2D eigenvalue weighted by Gasteiger charge is 2.18. The number of hydrogen-bond donors (Lipinski definition) is 1. The zero-order valence-corrected chi connectivity index (χ0v) is 15.0. The Morgan fingerprint density at radius 3 is 2.30 bits per heavy atom. The van der Waals surface area contributed by atoms with Crippen molar-refractivity contribution < 1.29 is 24.0 Å². The summed E-state index contributed by atoms with van der Waals surface area (Å²) in [4.78, 5) is 34.1. The number of non-ortho nitro benzene ring substituents is 1. The summed E-state index contributed by atoms with van der Waals surface area (Å²) in [6.07, 6.45) is -0.357. The van der Waals surface area contributed by atoms with Crippen LogP contribution in [-0.2, 0) is 20.7 Å². The SMILES string of the molecule is COc1ccc(CCC(=O)OC(C)C(=O)Nc2ccc([N+](=O)[O-])cc2)cc1. The standard InChI is InChI=1S/C19H20N2O6/c1-13(19(23)20-15-6-8-16(9-7-15)21(24)25)27-18(22)12-5-14-3-10-17(26-2)11-4-14/h3-4,6-11,13H,5,12H2,1-2H3,(H,20,23).